The van der Waals surface area contributed by atoms with Gasteiger partial charge in [-0.15, -0.1) is 0 Å². The first-order valence-corrected chi connectivity index (χ1v) is 12.7. The summed E-state index contributed by atoms with van der Waals surface area (Å²) in [5.74, 6) is -0.142. The van der Waals surface area contributed by atoms with Crippen LogP contribution < -0.4 is 15.5 Å². The number of piperidine rings is 1. The van der Waals surface area contributed by atoms with Crippen molar-refractivity contribution in [3.05, 3.63) is 41.6 Å². The number of alkyl halides is 3. The Kier molecular flexibility index (Phi) is 5.74. The topological polar surface area (TPSA) is 104 Å². The SMILES string of the molecule is Cn1cc(N2CCCc3c(-c4nc(N[C@H]5CCC6(CCC6)NC5)ncc4C(F)(F)F)c[nH]c3C2=O)cn1. The van der Waals surface area contributed by atoms with E-state index < -0.39 is 11.7 Å². The fourth-order valence-electron chi connectivity index (χ4n) is 5.74. The molecule has 5 heterocycles. The lowest BCUT2D eigenvalue weighted by Gasteiger charge is -2.47. The number of nitrogens with zero attached hydrogens (tertiary/aromatic N) is 5. The number of hydrogen-bond donors (Lipinski definition) is 3. The fraction of sp³-hybridized carbons (Fsp3) is 0.520. The number of halogens is 3. The van der Waals surface area contributed by atoms with Crippen molar-refractivity contribution in [3.63, 3.8) is 0 Å². The molecule has 1 spiro atoms. The number of aromatic amines is 1. The third-order valence-electron chi connectivity index (χ3n) is 7.95. The zero-order valence-electron chi connectivity index (χ0n) is 20.5. The molecule has 196 valence electrons. The standard InChI is InChI=1S/C25H29F3N8O/c1-35-14-16(11-32-35)36-9-2-4-17-18(12-29-21(17)22(36)37)20-19(25(26,27)28)13-30-23(34-20)33-15-5-8-24(31-10-15)6-3-7-24/h11-15,29,31H,2-10H2,1H3,(H,30,33,34)/t15-/m0/s1. The van der Waals surface area contributed by atoms with Gasteiger partial charge in [-0.3, -0.25) is 9.48 Å². The van der Waals surface area contributed by atoms with Gasteiger partial charge in [0.25, 0.3) is 5.91 Å². The van der Waals surface area contributed by atoms with Crippen LogP contribution in [0.1, 0.15) is 60.1 Å². The van der Waals surface area contributed by atoms with Crippen LogP contribution in [0.15, 0.2) is 24.8 Å². The first-order valence-electron chi connectivity index (χ1n) is 12.7. The number of amides is 1. The number of rotatable bonds is 4. The molecule has 1 amide bonds. The molecule has 1 saturated heterocycles. The summed E-state index contributed by atoms with van der Waals surface area (Å²) in [5, 5.41) is 11.0. The largest absolute Gasteiger partial charge is 0.419 e. The zero-order valence-corrected chi connectivity index (χ0v) is 20.5. The molecule has 1 atom stereocenters. The summed E-state index contributed by atoms with van der Waals surface area (Å²) in [7, 11) is 1.76. The molecule has 3 aliphatic rings. The highest BCUT2D eigenvalue weighted by Crippen LogP contribution is 2.40. The molecule has 1 saturated carbocycles. The highest BCUT2D eigenvalue weighted by molar-refractivity contribution is 6.07. The summed E-state index contributed by atoms with van der Waals surface area (Å²) in [6.07, 6.45) is 7.55. The predicted octanol–water partition coefficient (Wildman–Crippen LogP) is 3.90. The number of anilines is 2. The van der Waals surface area contributed by atoms with Gasteiger partial charge < -0.3 is 20.5 Å². The van der Waals surface area contributed by atoms with Gasteiger partial charge in [0.05, 0.1) is 17.6 Å². The molecule has 3 N–H and O–H groups in total. The van der Waals surface area contributed by atoms with E-state index in [-0.39, 0.29) is 40.4 Å². The average molecular weight is 515 g/mol. The van der Waals surface area contributed by atoms with E-state index >= 15 is 0 Å². The van der Waals surface area contributed by atoms with Crippen LogP contribution in [0.5, 0.6) is 0 Å². The summed E-state index contributed by atoms with van der Waals surface area (Å²) in [6.45, 7) is 1.16. The van der Waals surface area contributed by atoms with Gasteiger partial charge in [0, 0.05) is 55.9 Å². The number of nitrogens with one attached hydrogen (secondary N) is 3. The number of aryl methyl sites for hydroxylation is 1. The van der Waals surface area contributed by atoms with E-state index in [2.05, 4.69) is 30.7 Å². The minimum Gasteiger partial charge on any atom is -0.356 e. The van der Waals surface area contributed by atoms with Crippen LogP contribution in [0, 0.1) is 0 Å². The van der Waals surface area contributed by atoms with Gasteiger partial charge in [-0.2, -0.15) is 18.3 Å². The van der Waals surface area contributed by atoms with Crippen LogP contribution in [0.3, 0.4) is 0 Å². The van der Waals surface area contributed by atoms with Crippen LogP contribution in [0.2, 0.25) is 0 Å². The van der Waals surface area contributed by atoms with Crippen molar-refractivity contribution >= 4 is 17.5 Å². The maximum Gasteiger partial charge on any atom is 0.419 e. The molecule has 3 aromatic rings. The van der Waals surface area contributed by atoms with Crippen LogP contribution in [-0.2, 0) is 19.6 Å². The smallest absolute Gasteiger partial charge is 0.356 e. The summed E-state index contributed by atoms with van der Waals surface area (Å²) < 4.78 is 43.7. The lowest BCUT2D eigenvalue weighted by Crippen LogP contribution is -2.58. The number of hydrogen-bond acceptors (Lipinski definition) is 6. The Labute approximate surface area is 211 Å². The lowest BCUT2D eigenvalue weighted by molar-refractivity contribution is -0.137. The van der Waals surface area contributed by atoms with E-state index in [0.717, 1.165) is 25.6 Å². The van der Waals surface area contributed by atoms with E-state index in [1.54, 1.807) is 29.0 Å². The Morgan fingerprint density at radius 2 is 2.03 bits per heavy atom. The van der Waals surface area contributed by atoms with Crippen molar-refractivity contribution in [1.82, 2.24) is 30.0 Å². The van der Waals surface area contributed by atoms with Crippen LogP contribution >= 0.6 is 0 Å². The van der Waals surface area contributed by atoms with Crippen LogP contribution in [-0.4, -0.2) is 55.3 Å². The van der Waals surface area contributed by atoms with Crippen molar-refractivity contribution in [1.29, 1.82) is 0 Å². The Balaban J connectivity index is 1.32. The normalized spacial score (nSPS) is 21.5. The Hall–Kier alpha value is -3.41. The van der Waals surface area contributed by atoms with E-state index in [4.69, 9.17) is 0 Å². The zero-order chi connectivity index (χ0) is 25.8. The molecule has 1 aliphatic carbocycles. The lowest BCUT2D eigenvalue weighted by atomic mass is 9.71. The Morgan fingerprint density at radius 1 is 1.19 bits per heavy atom. The number of carbonyl (C=O) groups excluding carboxylic acids is 1. The molecular formula is C25H29F3N8O. The summed E-state index contributed by atoms with van der Waals surface area (Å²) in [4.78, 5) is 26.3. The minimum absolute atomic E-state index is 0.0359. The molecule has 0 radical (unpaired) electrons. The second-order valence-electron chi connectivity index (χ2n) is 10.3. The molecular weight excluding hydrogens is 485 g/mol. The molecule has 6 rings (SSSR count). The van der Waals surface area contributed by atoms with Crippen molar-refractivity contribution in [2.24, 2.45) is 7.05 Å². The summed E-state index contributed by atoms with van der Waals surface area (Å²) >= 11 is 0. The van der Waals surface area contributed by atoms with E-state index in [1.165, 1.54) is 25.5 Å². The highest BCUT2D eigenvalue weighted by Gasteiger charge is 2.41. The number of fused-ring (bicyclic) bond motifs is 1. The molecule has 0 aromatic carbocycles. The minimum atomic E-state index is -4.64. The van der Waals surface area contributed by atoms with Gasteiger partial charge >= 0.3 is 6.18 Å². The van der Waals surface area contributed by atoms with Gasteiger partial charge in [0.1, 0.15) is 11.3 Å². The monoisotopic (exact) mass is 514 g/mol. The van der Waals surface area contributed by atoms with E-state index in [9.17, 15) is 18.0 Å². The number of aromatic nitrogens is 5. The van der Waals surface area contributed by atoms with E-state index in [1.807, 2.05) is 0 Å². The molecule has 0 bridgehead atoms. The van der Waals surface area contributed by atoms with Gasteiger partial charge in [-0.05, 0) is 50.5 Å². The second-order valence-corrected chi connectivity index (χ2v) is 10.3. The molecule has 2 aliphatic heterocycles. The van der Waals surface area contributed by atoms with Crippen molar-refractivity contribution in [2.75, 3.05) is 23.3 Å². The van der Waals surface area contributed by atoms with E-state index in [0.29, 0.717) is 30.6 Å². The second kappa shape index (κ2) is 8.86. The number of carbonyl (C=O) groups is 1. The Bertz CT molecular complexity index is 1320. The Morgan fingerprint density at radius 3 is 2.68 bits per heavy atom. The van der Waals surface area contributed by atoms with Crippen LogP contribution in [0.4, 0.5) is 24.8 Å². The maximum absolute atomic E-state index is 14.0. The van der Waals surface area contributed by atoms with Crippen molar-refractivity contribution in [3.8, 4) is 11.3 Å². The molecule has 37 heavy (non-hydrogen) atoms. The van der Waals surface area contributed by atoms with Crippen molar-refractivity contribution in [2.45, 2.75) is 62.7 Å². The van der Waals surface area contributed by atoms with Crippen LogP contribution in [0.25, 0.3) is 11.3 Å². The summed E-state index contributed by atoms with van der Waals surface area (Å²) in [6, 6.07) is 0.0359. The van der Waals surface area contributed by atoms with Gasteiger partial charge in [0.2, 0.25) is 5.95 Å². The summed E-state index contributed by atoms with van der Waals surface area (Å²) in [5.41, 5.74) is 0.844. The first-order chi connectivity index (χ1) is 17.7. The molecule has 2 fully saturated rings. The fourth-order valence-corrected chi connectivity index (χ4v) is 5.74. The van der Waals surface area contributed by atoms with Gasteiger partial charge in [-0.25, -0.2) is 9.97 Å². The molecule has 3 aromatic heterocycles. The van der Waals surface area contributed by atoms with Gasteiger partial charge in [0.15, 0.2) is 0 Å². The molecule has 12 heteroatoms. The number of H-pyrrole nitrogens is 1. The first kappa shape index (κ1) is 24.0. The highest BCUT2D eigenvalue weighted by atomic mass is 19.4. The van der Waals surface area contributed by atoms with Crippen molar-refractivity contribution < 1.29 is 18.0 Å². The molecule has 0 unspecified atom stereocenters. The average Bonchev–Trinajstić information content (AvgIpc) is 3.42. The predicted molar refractivity (Wildman–Crippen MR) is 131 cm³/mol. The molecule has 9 nitrogen and oxygen atoms in total. The maximum atomic E-state index is 14.0. The third-order valence-corrected chi connectivity index (χ3v) is 7.95. The quantitative estimate of drug-likeness (QED) is 0.488. The van der Waals surface area contributed by atoms with Gasteiger partial charge in [-0.1, -0.05) is 0 Å². The third kappa shape index (κ3) is 4.36.